The number of aromatic nitrogens is 5. The first-order valence-electron chi connectivity index (χ1n) is 9.07. The van der Waals surface area contributed by atoms with Crippen LogP contribution in [0.15, 0.2) is 42.6 Å². The van der Waals surface area contributed by atoms with Gasteiger partial charge in [0.1, 0.15) is 23.2 Å². The number of nitrogens with one attached hydrogen (secondary N) is 1. The van der Waals surface area contributed by atoms with Gasteiger partial charge in [0.2, 0.25) is 0 Å². The molecule has 0 aliphatic carbocycles. The third-order valence-corrected chi connectivity index (χ3v) is 4.61. The zero-order valence-corrected chi connectivity index (χ0v) is 16.7. The number of methoxy groups -OCH3 is 1. The molecule has 0 fully saturated rings. The topological polar surface area (TPSA) is 110 Å². The number of halogens is 3. The molecule has 3 heterocycles. The van der Waals surface area contributed by atoms with Gasteiger partial charge >= 0.3 is 6.18 Å². The lowest BCUT2D eigenvalue weighted by Gasteiger charge is -2.11. The summed E-state index contributed by atoms with van der Waals surface area (Å²) in [5, 5.41) is 19.2. The molecule has 0 unspecified atom stereocenters. The van der Waals surface area contributed by atoms with E-state index in [2.05, 4.69) is 20.5 Å². The number of ether oxygens (including phenoxy) is 1. The lowest BCUT2D eigenvalue weighted by Crippen LogP contribution is -2.17. The number of anilines is 1. The van der Waals surface area contributed by atoms with Crippen LogP contribution in [0.5, 0.6) is 5.75 Å². The lowest BCUT2D eigenvalue weighted by atomic mass is 10.1. The highest BCUT2D eigenvalue weighted by atomic mass is 19.4. The Labute approximate surface area is 178 Å². The van der Waals surface area contributed by atoms with Crippen LogP contribution in [0, 0.1) is 11.3 Å². The summed E-state index contributed by atoms with van der Waals surface area (Å²) in [6.45, 7) is 0. The van der Waals surface area contributed by atoms with Gasteiger partial charge in [0.15, 0.2) is 17.0 Å². The molecule has 1 aromatic carbocycles. The summed E-state index contributed by atoms with van der Waals surface area (Å²) in [5.74, 6) is -0.266. The maximum atomic E-state index is 13.8. The maximum absolute atomic E-state index is 13.8. The van der Waals surface area contributed by atoms with E-state index >= 15 is 0 Å². The predicted molar refractivity (Wildman–Crippen MR) is 106 cm³/mol. The Morgan fingerprint density at radius 3 is 2.72 bits per heavy atom. The monoisotopic (exact) mass is 441 g/mol. The normalized spacial score (nSPS) is 11.4. The number of benzene rings is 1. The van der Waals surface area contributed by atoms with E-state index in [-0.39, 0.29) is 28.4 Å². The van der Waals surface area contributed by atoms with Gasteiger partial charge in [-0.3, -0.25) is 9.48 Å². The molecule has 4 rings (SSSR count). The fourth-order valence-electron chi connectivity index (χ4n) is 3.06. The number of nitrogens with zero attached hydrogens (tertiary/aromatic N) is 6. The summed E-state index contributed by atoms with van der Waals surface area (Å²) in [5.41, 5.74) is -1.05. The molecule has 0 spiro atoms. The van der Waals surface area contributed by atoms with E-state index in [9.17, 15) is 18.0 Å². The SMILES string of the molecule is COc1cccc(-c2cc(C(F)(F)F)n3nc(C(=O)Nc4c(C#N)cnn4C)cc3n2)c1. The van der Waals surface area contributed by atoms with Crippen LogP contribution >= 0.6 is 0 Å². The van der Waals surface area contributed by atoms with Crippen molar-refractivity contribution in [2.24, 2.45) is 7.05 Å². The Kier molecular flexibility index (Phi) is 5.01. The minimum absolute atomic E-state index is 0.0361. The van der Waals surface area contributed by atoms with Gasteiger partial charge in [0, 0.05) is 18.7 Å². The second-order valence-corrected chi connectivity index (χ2v) is 6.65. The first-order chi connectivity index (χ1) is 15.2. The van der Waals surface area contributed by atoms with Crippen LogP contribution in [-0.2, 0) is 13.2 Å². The molecule has 0 saturated carbocycles. The summed E-state index contributed by atoms with van der Waals surface area (Å²) in [6, 6.07) is 10.3. The molecule has 0 saturated heterocycles. The Bertz CT molecular complexity index is 1380. The molecule has 162 valence electrons. The number of alkyl halides is 3. The molecule has 12 heteroatoms. The summed E-state index contributed by atoms with van der Waals surface area (Å²) in [7, 11) is 2.95. The van der Waals surface area contributed by atoms with Crippen molar-refractivity contribution < 1.29 is 22.7 Å². The molecule has 32 heavy (non-hydrogen) atoms. The summed E-state index contributed by atoms with van der Waals surface area (Å²) >= 11 is 0. The van der Waals surface area contributed by atoms with E-state index in [0.29, 0.717) is 15.8 Å². The molecular weight excluding hydrogens is 427 g/mol. The van der Waals surface area contributed by atoms with E-state index < -0.39 is 17.8 Å². The molecular formula is C20H14F3N7O2. The average molecular weight is 441 g/mol. The van der Waals surface area contributed by atoms with Crippen LogP contribution in [0.4, 0.5) is 19.0 Å². The number of rotatable bonds is 4. The van der Waals surface area contributed by atoms with Gasteiger partial charge in [-0.15, -0.1) is 0 Å². The largest absolute Gasteiger partial charge is 0.497 e. The van der Waals surface area contributed by atoms with Crippen molar-refractivity contribution in [1.29, 1.82) is 5.26 Å². The van der Waals surface area contributed by atoms with Gasteiger partial charge in [0.05, 0.1) is 19.0 Å². The van der Waals surface area contributed by atoms with E-state index in [0.717, 1.165) is 12.1 Å². The van der Waals surface area contributed by atoms with Crippen LogP contribution in [0.3, 0.4) is 0 Å². The van der Waals surface area contributed by atoms with E-state index in [1.807, 2.05) is 6.07 Å². The quantitative estimate of drug-likeness (QED) is 0.521. The molecule has 1 N–H and O–H groups in total. The van der Waals surface area contributed by atoms with E-state index in [1.165, 1.54) is 25.0 Å². The number of nitriles is 1. The zero-order chi connectivity index (χ0) is 23.0. The number of hydrogen-bond acceptors (Lipinski definition) is 6. The molecule has 4 aromatic rings. The van der Waals surface area contributed by atoms with Gasteiger partial charge < -0.3 is 10.1 Å². The van der Waals surface area contributed by atoms with Gasteiger partial charge in [-0.25, -0.2) is 9.50 Å². The Balaban J connectivity index is 1.81. The van der Waals surface area contributed by atoms with Gasteiger partial charge in [0.25, 0.3) is 5.91 Å². The zero-order valence-electron chi connectivity index (χ0n) is 16.7. The molecule has 0 aliphatic heterocycles. The smallest absolute Gasteiger partial charge is 0.433 e. The third kappa shape index (κ3) is 3.71. The summed E-state index contributed by atoms with van der Waals surface area (Å²) in [4.78, 5) is 16.9. The Morgan fingerprint density at radius 1 is 1.25 bits per heavy atom. The number of fused-ring (bicyclic) bond motifs is 1. The standard InChI is InChI=1S/C20H14F3N7O2/c1-29-18(12(9-24)10-25-29)27-19(31)15-8-17-26-14(11-4-3-5-13(6-11)32-2)7-16(20(21,22)23)30(17)28-15/h3-8,10H,1-2H3,(H,27,31). The molecule has 9 nitrogen and oxygen atoms in total. The first kappa shape index (κ1) is 20.9. The Hall–Kier alpha value is -4.40. The number of carbonyl (C=O) groups excluding carboxylic acids is 1. The number of hydrogen-bond donors (Lipinski definition) is 1. The average Bonchev–Trinajstić information content (AvgIpc) is 3.35. The highest BCUT2D eigenvalue weighted by molar-refractivity contribution is 6.03. The molecule has 3 aromatic heterocycles. The van der Waals surface area contributed by atoms with Crippen molar-refractivity contribution in [1.82, 2.24) is 24.4 Å². The third-order valence-electron chi connectivity index (χ3n) is 4.61. The molecule has 0 atom stereocenters. The number of amides is 1. The fraction of sp³-hybridized carbons (Fsp3) is 0.150. The highest BCUT2D eigenvalue weighted by Gasteiger charge is 2.35. The first-order valence-corrected chi connectivity index (χ1v) is 9.07. The summed E-state index contributed by atoms with van der Waals surface area (Å²) < 4.78 is 48.2. The minimum atomic E-state index is -4.76. The van der Waals surface area contributed by atoms with Gasteiger partial charge in [-0.1, -0.05) is 12.1 Å². The van der Waals surface area contributed by atoms with Crippen molar-refractivity contribution in [3.63, 3.8) is 0 Å². The maximum Gasteiger partial charge on any atom is 0.433 e. The Morgan fingerprint density at radius 2 is 2.03 bits per heavy atom. The molecule has 0 aliphatic rings. The highest BCUT2D eigenvalue weighted by Crippen LogP contribution is 2.33. The van der Waals surface area contributed by atoms with Crippen molar-refractivity contribution in [3.05, 3.63) is 59.5 Å². The van der Waals surface area contributed by atoms with Gasteiger partial charge in [-0.2, -0.15) is 28.6 Å². The predicted octanol–water partition coefficient (Wildman–Crippen LogP) is 3.28. The van der Waals surface area contributed by atoms with Crippen molar-refractivity contribution in [2.45, 2.75) is 6.18 Å². The van der Waals surface area contributed by atoms with Crippen LogP contribution in [0.2, 0.25) is 0 Å². The number of aryl methyl sites for hydroxylation is 1. The molecule has 1 amide bonds. The second kappa shape index (κ2) is 7.69. The minimum Gasteiger partial charge on any atom is -0.497 e. The second-order valence-electron chi connectivity index (χ2n) is 6.65. The number of carbonyl (C=O) groups is 1. The molecule has 0 radical (unpaired) electrons. The van der Waals surface area contributed by atoms with Crippen LogP contribution in [0.1, 0.15) is 21.7 Å². The molecule has 0 bridgehead atoms. The van der Waals surface area contributed by atoms with E-state index in [4.69, 9.17) is 10.00 Å². The van der Waals surface area contributed by atoms with Crippen LogP contribution < -0.4 is 10.1 Å². The summed E-state index contributed by atoms with van der Waals surface area (Å²) in [6.07, 6.45) is -3.51. The van der Waals surface area contributed by atoms with Gasteiger partial charge in [-0.05, 0) is 18.2 Å². The lowest BCUT2D eigenvalue weighted by molar-refractivity contribution is -0.142. The van der Waals surface area contributed by atoms with Crippen LogP contribution in [-0.4, -0.2) is 37.4 Å². The fourth-order valence-corrected chi connectivity index (χ4v) is 3.06. The van der Waals surface area contributed by atoms with Crippen molar-refractivity contribution >= 4 is 17.4 Å². The van der Waals surface area contributed by atoms with Crippen molar-refractivity contribution in [2.75, 3.05) is 12.4 Å². The van der Waals surface area contributed by atoms with E-state index in [1.54, 1.807) is 24.3 Å². The van der Waals surface area contributed by atoms with Crippen molar-refractivity contribution in [3.8, 4) is 23.1 Å². The van der Waals surface area contributed by atoms with Crippen LogP contribution in [0.25, 0.3) is 16.9 Å².